The van der Waals surface area contributed by atoms with Gasteiger partial charge in [-0.05, 0) is 51.4 Å². The lowest BCUT2D eigenvalue weighted by molar-refractivity contribution is -0.143. The summed E-state index contributed by atoms with van der Waals surface area (Å²) in [6, 6.07) is -0.538. The molecule has 488 valence electrons. The summed E-state index contributed by atoms with van der Waals surface area (Å²) in [5, 5.41) is 23.4. The summed E-state index contributed by atoms with van der Waals surface area (Å²) in [5.41, 5.74) is 0. The van der Waals surface area contributed by atoms with E-state index in [0.717, 1.165) is 38.5 Å². The van der Waals surface area contributed by atoms with E-state index in [1.54, 1.807) is 0 Å². The van der Waals surface area contributed by atoms with Gasteiger partial charge in [-0.25, -0.2) is 0 Å². The summed E-state index contributed by atoms with van der Waals surface area (Å²) in [6.45, 7) is 5.00. The van der Waals surface area contributed by atoms with Crippen LogP contribution >= 0.6 is 0 Å². The first kappa shape index (κ1) is 80.6. The van der Waals surface area contributed by atoms with Crippen molar-refractivity contribution >= 4 is 11.9 Å². The molecule has 0 aliphatic heterocycles. The number of amides is 1. The molecule has 0 aliphatic rings. The van der Waals surface area contributed by atoms with Crippen molar-refractivity contribution in [3.63, 3.8) is 0 Å². The molecule has 2 atom stereocenters. The summed E-state index contributed by atoms with van der Waals surface area (Å²) in [7, 11) is 0. The minimum Gasteiger partial charge on any atom is -0.466 e. The van der Waals surface area contributed by atoms with Crippen LogP contribution in [0.2, 0.25) is 0 Å². The highest BCUT2D eigenvalue weighted by atomic mass is 16.5. The van der Waals surface area contributed by atoms with Crippen LogP contribution in [0.3, 0.4) is 0 Å². The fourth-order valence-corrected chi connectivity index (χ4v) is 12.3. The molecule has 6 heteroatoms. The van der Waals surface area contributed by atoms with Gasteiger partial charge in [0.1, 0.15) is 0 Å². The predicted molar refractivity (Wildman–Crippen MR) is 361 cm³/mol. The zero-order valence-corrected chi connectivity index (χ0v) is 56.0. The molecule has 1 amide bonds. The molecule has 2 unspecified atom stereocenters. The number of carbonyl (C=O) groups is 2. The first-order valence-electron chi connectivity index (χ1n) is 37.9. The van der Waals surface area contributed by atoms with Crippen molar-refractivity contribution in [3.8, 4) is 0 Å². The summed E-state index contributed by atoms with van der Waals surface area (Å²) in [5.74, 6) is -0.00609. The van der Waals surface area contributed by atoms with Gasteiger partial charge in [0, 0.05) is 12.8 Å². The van der Waals surface area contributed by atoms with Crippen LogP contribution < -0.4 is 5.32 Å². The van der Waals surface area contributed by atoms with Gasteiger partial charge in [0.25, 0.3) is 0 Å². The Balaban J connectivity index is 3.31. The average Bonchev–Trinajstić information content (AvgIpc) is 3.48. The molecule has 0 aliphatic carbocycles. The normalized spacial score (nSPS) is 12.5. The highest BCUT2D eigenvalue weighted by Crippen LogP contribution is 2.20. The van der Waals surface area contributed by atoms with Gasteiger partial charge in [-0.15, -0.1) is 0 Å². The molecule has 0 saturated carbocycles. The number of aliphatic hydroxyl groups is 2. The first-order chi connectivity index (χ1) is 40.5. The molecule has 0 aromatic heterocycles. The molecular weight excluding hydrogens is 1010 g/mol. The van der Waals surface area contributed by atoms with Crippen molar-refractivity contribution in [1.29, 1.82) is 0 Å². The topological polar surface area (TPSA) is 95.9 Å². The monoisotopic (exact) mass is 1160 g/mol. The number of unbranched alkanes of at least 4 members (excludes halogenated alkanes) is 59. The lowest BCUT2D eigenvalue weighted by atomic mass is 10.0. The van der Waals surface area contributed by atoms with Crippen molar-refractivity contribution in [2.75, 3.05) is 13.2 Å². The summed E-state index contributed by atoms with van der Waals surface area (Å²) >= 11 is 0. The number of ether oxygens (including phenoxy) is 1. The van der Waals surface area contributed by atoms with Crippen LogP contribution in [-0.4, -0.2) is 47.4 Å². The van der Waals surface area contributed by atoms with Crippen LogP contribution in [0.15, 0.2) is 12.2 Å². The number of hydrogen-bond donors (Lipinski definition) is 3. The van der Waals surface area contributed by atoms with E-state index in [1.165, 1.54) is 366 Å². The van der Waals surface area contributed by atoms with Crippen LogP contribution in [0.1, 0.15) is 438 Å². The molecular formula is C76H149NO5. The van der Waals surface area contributed by atoms with Crippen molar-refractivity contribution in [3.05, 3.63) is 12.2 Å². The number of esters is 1. The zero-order chi connectivity index (χ0) is 59.2. The molecule has 6 nitrogen and oxygen atoms in total. The van der Waals surface area contributed by atoms with E-state index >= 15 is 0 Å². The van der Waals surface area contributed by atoms with E-state index in [1.807, 2.05) is 0 Å². The Morgan fingerprint density at radius 1 is 0.329 bits per heavy atom. The number of hydrogen-bond acceptors (Lipinski definition) is 5. The molecule has 0 rings (SSSR count). The zero-order valence-electron chi connectivity index (χ0n) is 56.0. The molecule has 0 radical (unpaired) electrons. The van der Waals surface area contributed by atoms with Crippen LogP contribution in [0.4, 0.5) is 0 Å². The Labute approximate surface area is 514 Å². The highest BCUT2D eigenvalue weighted by molar-refractivity contribution is 5.76. The first-order valence-corrected chi connectivity index (χ1v) is 37.9. The molecule has 0 bridgehead atoms. The SMILES string of the molecule is CCCCCCCC/C=C\CCCCCCCCCCCC(=O)OCCCCCCCCCCCCCCCCCCCCCCCCCCCCCCCCC(=O)NC(CO)C(O)CCCCCCCCCCCCCCCCCC. The van der Waals surface area contributed by atoms with E-state index in [9.17, 15) is 19.8 Å². The molecule has 0 spiro atoms. The number of rotatable bonds is 72. The summed E-state index contributed by atoms with van der Waals surface area (Å²) in [4.78, 5) is 24.7. The maximum atomic E-state index is 12.5. The van der Waals surface area contributed by atoms with E-state index in [4.69, 9.17) is 4.74 Å². The molecule has 0 saturated heterocycles. The van der Waals surface area contributed by atoms with Gasteiger partial charge < -0.3 is 20.3 Å². The van der Waals surface area contributed by atoms with Crippen LogP contribution in [0.5, 0.6) is 0 Å². The van der Waals surface area contributed by atoms with Crippen LogP contribution in [-0.2, 0) is 14.3 Å². The second-order valence-electron chi connectivity index (χ2n) is 26.3. The molecule has 82 heavy (non-hydrogen) atoms. The van der Waals surface area contributed by atoms with Crippen molar-refractivity contribution in [2.45, 2.75) is 450 Å². The minimum atomic E-state index is -0.661. The van der Waals surface area contributed by atoms with E-state index < -0.39 is 12.1 Å². The molecule has 0 aromatic rings. The van der Waals surface area contributed by atoms with Crippen molar-refractivity contribution in [1.82, 2.24) is 5.32 Å². The quantitative estimate of drug-likeness (QED) is 0.0320. The Morgan fingerprint density at radius 2 is 0.573 bits per heavy atom. The van der Waals surface area contributed by atoms with Crippen molar-refractivity contribution in [2.24, 2.45) is 0 Å². The number of carbonyl (C=O) groups excluding carboxylic acids is 2. The Kier molecular flexibility index (Phi) is 70.8. The lowest BCUT2D eigenvalue weighted by Crippen LogP contribution is -2.45. The number of allylic oxidation sites excluding steroid dienone is 2. The maximum absolute atomic E-state index is 12.5. The van der Waals surface area contributed by atoms with Gasteiger partial charge in [-0.1, -0.05) is 386 Å². The summed E-state index contributed by atoms with van der Waals surface area (Å²) < 4.78 is 5.52. The smallest absolute Gasteiger partial charge is 0.305 e. The molecule has 0 fully saturated rings. The Bertz CT molecular complexity index is 1240. The predicted octanol–water partition coefficient (Wildman–Crippen LogP) is 24.7. The van der Waals surface area contributed by atoms with Crippen LogP contribution in [0, 0.1) is 0 Å². The fraction of sp³-hybridized carbons (Fsp3) is 0.947. The maximum Gasteiger partial charge on any atom is 0.305 e. The van der Waals surface area contributed by atoms with E-state index in [-0.39, 0.29) is 18.5 Å². The largest absolute Gasteiger partial charge is 0.466 e. The second kappa shape index (κ2) is 72.1. The highest BCUT2D eigenvalue weighted by Gasteiger charge is 2.20. The third-order valence-corrected chi connectivity index (χ3v) is 18.1. The lowest BCUT2D eigenvalue weighted by Gasteiger charge is -2.22. The molecule has 0 heterocycles. The number of nitrogens with one attached hydrogen (secondary N) is 1. The van der Waals surface area contributed by atoms with E-state index in [0.29, 0.717) is 25.9 Å². The Morgan fingerprint density at radius 3 is 0.866 bits per heavy atom. The van der Waals surface area contributed by atoms with Crippen molar-refractivity contribution < 1.29 is 24.5 Å². The fourth-order valence-electron chi connectivity index (χ4n) is 12.3. The third kappa shape index (κ3) is 67.7. The van der Waals surface area contributed by atoms with Gasteiger partial charge in [-0.2, -0.15) is 0 Å². The summed E-state index contributed by atoms with van der Waals surface area (Å²) in [6.07, 6.45) is 90.0. The second-order valence-corrected chi connectivity index (χ2v) is 26.3. The van der Waals surface area contributed by atoms with Gasteiger partial charge >= 0.3 is 5.97 Å². The van der Waals surface area contributed by atoms with Gasteiger partial charge in [0.15, 0.2) is 0 Å². The van der Waals surface area contributed by atoms with Gasteiger partial charge in [-0.3, -0.25) is 9.59 Å². The van der Waals surface area contributed by atoms with Gasteiger partial charge in [0.2, 0.25) is 5.91 Å². The Hall–Kier alpha value is -1.40. The standard InChI is InChI=1S/C76H149NO5/c1-3-5-7-9-11-13-15-17-19-21-34-38-42-46-50-54-58-62-66-70-76(81)82-71-67-63-59-55-51-47-43-39-36-33-31-29-27-25-23-22-24-26-28-30-32-35-37-41-45-49-53-57-61-65-69-75(80)77-73(72-78)74(79)68-64-60-56-52-48-44-40-20-18-16-14-12-10-8-6-4-2/h17,19,73-74,78-79H,3-16,18,20-72H2,1-2H3,(H,77,80)/b19-17-. The number of aliphatic hydroxyl groups excluding tert-OH is 2. The molecule has 0 aromatic carbocycles. The average molecular weight is 1160 g/mol. The van der Waals surface area contributed by atoms with Gasteiger partial charge in [0.05, 0.1) is 25.4 Å². The van der Waals surface area contributed by atoms with Crippen LogP contribution in [0.25, 0.3) is 0 Å². The third-order valence-electron chi connectivity index (χ3n) is 18.1. The van der Waals surface area contributed by atoms with E-state index in [2.05, 4.69) is 31.3 Å². The minimum absolute atomic E-state index is 0.0209. The molecule has 3 N–H and O–H groups in total.